The van der Waals surface area contributed by atoms with Crippen LogP contribution in [0.15, 0.2) is 0 Å². The van der Waals surface area contributed by atoms with Gasteiger partial charge in [-0.3, -0.25) is 14.5 Å². The van der Waals surface area contributed by atoms with Crippen molar-refractivity contribution in [2.75, 3.05) is 39.3 Å². The molecule has 1 saturated carbocycles. The average molecular weight is 369 g/mol. The number of halogens is 2. The molecule has 0 radical (unpaired) electrons. The van der Waals surface area contributed by atoms with E-state index in [1.807, 2.05) is 0 Å². The molecule has 2 unspecified atom stereocenters. The number of carbonyl (C=O) groups excluding carboxylic acids is 2. The molecule has 1 aliphatic heterocycles. The zero-order valence-electron chi connectivity index (χ0n) is 13.8. The minimum atomic E-state index is -0.00436. The van der Waals surface area contributed by atoms with Crippen LogP contribution in [0, 0.1) is 5.92 Å². The summed E-state index contributed by atoms with van der Waals surface area (Å²) in [5.41, 5.74) is 5.36. The number of nitrogens with two attached hydrogens (primary N) is 1. The fourth-order valence-electron chi connectivity index (χ4n) is 3.33. The topological polar surface area (TPSA) is 78.7 Å². The summed E-state index contributed by atoms with van der Waals surface area (Å²) in [7, 11) is 0. The van der Waals surface area contributed by atoms with Gasteiger partial charge in [-0.25, -0.2) is 0 Å². The Morgan fingerprint density at radius 3 is 2.35 bits per heavy atom. The summed E-state index contributed by atoms with van der Waals surface area (Å²) in [6.45, 7) is 5.61. The van der Waals surface area contributed by atoms with Gasteiger partial charge in [0.1, 0.15) is 0 Å². The Hall–Kier alpha value is -0.560. The predicted molar refractivity (Wildman–Crippen MR) is 96.1 cm³/mol. The molecule has 2 aliphatic rings. The molecule has 0 spiro atoms. The second-order valence-electron chi connectivity index (χ2n) is 6.40. The Balaban J connectivity index is 0.00000242. The number of hydrogen-bond acceptors (Lipinski definition) is 4. The van der Waals surface area contributed by atoms with Gasteiger partial charge in [0.2, 0.25) is 11.8 Å². The van der Waals surface area contributed by atoms with E-state index < -0.39 is 0 Å². The first kappa shape index (κ1) is 22.4. The van der Waals surface area contributed by atoms with Gasteiger partial charge in [-0.05, 0) is 18.8 Å². The predicted octanol–water partition coefficient (Wildman–Crippen LogP) is 0.628. The zero-order valence-corrected chi connectivity index (χ0v) is 15.5. The second-order valence-corrected chi connectivity index (χ2v) is 6.40. The molecular formula is C15H30Cl2N4O2. The van der Waals surface area contributed by atoms with Crippen molar-refractivity contribution in [3.05, 3.63) is 0 Å². The normalized spacial score (nSPS) is 25.0. The molecule has 2 atom stereocenters. The van der Waals surface area contributed by atoms with Gasteiger partial charge < -0.3 is 16.0 Å². The standard InChI is InChI=1S/C15H28N4O2.2ClH/c1-12-3-2-4-13(9-12)17-14(20)11-18-5-7-19(8-6-18)15(21)10-16;;/h12-13H,2-11,16H2,1H3,(H,17,20);2*1H. The lowest BCUT2D eigenvalue weighted by Gasteiger charge is -2.34. The molecule has 1 saturated heterocycles. The third-order valence-corrected chi connectivity index (χ3v) is 4.57. The van der Waals surface area contributed by atoms with Crippen molar-refractivity contribution >= 4 is 36.6 Å². The van der Waals surface area contributed by atoms with Crippen LogP contribution < -0.4 is 11.1 Å². The number of amides is 2. The fourth-order valence-corrected chi connectivity index (χ4v) is 3.33. The van der Waals surface area contributed by atoms with Crippen LogP contribution in [0.4, 0.5) is 0 Å². The molecule has 6 nitrogen and oxygen atoms in total. The zero-order chi connectivity index (χ0) is 15.2. The molecule has 2 rings (SSSR count). The van der Waals surface area contributed by atoms with Gasteiger partial charge in [-0.2, -0.15) is 0 Å². The monoisotopic (exact) mass is 368 g/mol. The van der Waals surface area contributed by atoms with Crippen molar-refractivity contribution in [2.24, 2.45) is 11.7 Å². The van der Waals surface area contributed by atoms with E-state index in [9.17, 15) is 9.59 Å². The van der Waals surface area contributed by atoms with Crippen molar-refractivity contribution < 1.29 is 9.59 Å². The van der Waals surface area contributed by atoms with E-state index in [4.69, 9.17) is 5.73 Å². The van der Waals surface area contributed by atoms with E-state index in [-0.39, 0.29) is 43.2 Å². The van der Waals surface area contributed by atoms with Crippen LogP contribution in [0.25, 0.3) is 0 Å². The van der Waals surface area contributed by atoms with Gasteiger partial charge in [0.15, 0.2) is 0 Å². The lowest BCUT2D eigenvalue weighted by atomic mass is 9.87. The highest BCUT2D eigenvalue weighted by atomic mass is 35.5. The quantitative estimate of drug-likeness (QED) is 0.762. The SMILES string of the molecule is CC1CCCC(NC(=O)CN2CCN(C(=O)CN)CC2)C1.Cl.Cl. The van der Waals surface area contributed by atoms with Crippen LogP contribution in [-0.2, 0) is 9.59 Å². The Labute approximate surface area is 151 Å². The number of nitrogens with one attached hydrogen (secondary N) is 1. The summed E-state index contributed by atoms with van der Waals surface area (Å²) in [6, 6.07) is 0.348. The van der Waals surface area contributed by atoms with E-state index in [1.54, 1.807) is 4.90 Å². The minimum absolute atomic E-state index is 0. The molecule has 136 valence electrons. The van der Waals surface area contributed by atoms with Crippen LogP contribution >= 0.6 is 24.8 Å². The maximum absolute atomic E-state index is 12.1. The maximum Gasteiger partial charge on any atom is 0.236 e. The lowest BCUT2D eigenvalue weighted by Crippen LogP contribution is -2.53. The summed E-state index contributed by atoms with van der Waals surface area (Å²) in [5.74, 6) is 0.831. The number of piperazine rings is 1. The number of rotatable bonds is 4. The van der Waals surface area contributed by atoms with E-state index in [0.717, 1.165) is 31.8 Å². The number of nitrogens with zero attached hydrogens (tertiary/aromatic N) is 2. The highest BCUT2D eigenvalue weighted by Crippen LogP contribution is 2.23. The summed E-state index contributed by atoms with van der Waals surface area (Å²) >= 11 is 0. The van der Waals surface area contributed by atoms with Gasteiger partial charge in [-0.1, -0.05) is 19.8 Å². The summed E-state index contributed by atoms with van der Waals surface area (Å²) < 4.78 is 0. The number of hydrogen-bond donors (Lipinski definition) is 2. The molecule has 1 aliphatic carbocycles. The molecule has 3 N–H and O–H groups in total. The van der Waals surface area contributed by atoms with E-state index >= 15 is 0 Å². The van der Waals surface area contributed by atoms with Crippen molar-refractivity contribution in [1.82, 2.24) is 15.1 Å². The summed E-state index contributed by atoms with van der Waals surface area (Å²) in [5, 5.41) is 3.16. The van der Waals surface area contributed by atoms with Gasteiger partial charge in [0, 0.05) is 32.2 Å². The first-order chi connectivity index (χ1) is 10.1. The van der Waals surface area contributed by atoms with Crippen LogP contribution in [0.1, 0.15) is 32.6 Å². The molecule has 2 fully saturated rings. The van der Waals surface area contributed by atoms with Crippen molar-refractivity contribution in [3.63, 3.8) is 0 Å². The summed E-state index contributed by atoms with van der Waals surface area (Å²) in [4.78, 5) is 27.5. The smallest absolute Gasteiger partial charge is 0.236 e. The second kappa shape index (κ2) is 11.1. The van der Waals surface area contributed by atoms with Crippen LogP contribution in [0.3, 0.4) is 0 Å². The van der Waals surface area contributed by atoms with Crippen molar-refractivity contribution in [1.29, 1.82) is 0 Å². The van der Waals surface area contributed by atoms with Crippen LogP contribution in [-0.4, -0.2) is 66.9 Å². The summed E-state index contributed by atoms with van der Waals surface area (Å²) in [6.07, 6.45) is 4.70. The molecule has 0 aromatic heterocycles. The van der Waals surface area contributed by atoms with Gasteiger partial charge in [0.25, 0.3) is 0 Å². The van der Waals surface area contributed by atoms with Crippen LogP contribution in [0.2, 0.25) is 0 Å². The van der Waals surface area contributed by atoms with Crippen molar-refractivity contribution in [3.8, 4) is 0 Å². The van der Waals surface area contributed by atoms with E-state index in [0.29, 0.717) is 25.7 Å². The van der Waals surface area contributed by atoms with E-state index in [1.165, 1.54) is 12.8 Å². The molecular weight excluding hydrogens is 339 g/mol. The molecule has 8 heteroatoms. The highest BCUT2D eigenvalue weighted by Gasteiger charge is 2.24. The third kappa shape index (κ3) is 7.25. The fraction of sp³-hybridized carbons (Fsp3) is 0.867. The lowest BCUT2D eigenvalue weighted by molar-refractivity contribution is -0.131. The molecule has 1 heterocycles. The van der Waals surface area contributed by atoms with E-state index in [2.05, 4.69) is 17.1 Å². The molecule has 0 aromatic carbocycles. The number of carbonyl (C=O) groups is 2. The Kier molecular flexibility index (Phi) is 10.8. The minimum Gasteiger partial charge on any atom is -0.352 e. The average Bonchev–Trinajstić information content (AvgIpc) is 2.47. The first-order valence-electron chi connectivity index (χ1n) is 8.08. The maximum atomic E-state index is 12.1. The van der Waals surface area contributed by atoms with Gasteiger partial charge >= 0.3 is 0 Å². The van der Waals surface area contributed by atoms with Gasteiger partial charge in [0.05, 0.1) is 13.1 Å². The molecule has 0 bridgehead atoms. The third-order valence-electron chi connectivity index (χ3n) is 4.57. The molecule has 2 amide bonds. The Morgan fingerprint density at radius 2 is 1.78 bits per heavy atom. The molecule has 23 heavy (non-hydrogen) atoms. The Morgan fingerprint density at radius 1 is 1.13 bits per heavy atom. The van der Waals surface area contributed by atoms with Gasteiger partial charge in [-0.15, -0.1) is 24.8 Å². The Bertz CT molecular complexity index is 376. The first-order valence-corrected chi connectivity index (χ1v) is 8.08. The molecule has 0 aromatic rings. The van der Waals surface area contributed by atoms with Crippen LogP contribution in [0.5, 0.6) is 0 Å². The van der Waals surface area contributed by atoms with Crippen molar-refractivity contribution in [2.45, 2.75) is 38.6 Å². The largest absolute Gasteiger partial charge is 0.352 e. The highest BCUT2D eigenvalue weighted by molar-refractivity contribution is 5.85.